The van der Waals surface area contributed by atoms with Gasteiger partial charge < -0.3 is 10.2 Å². The van der Waals surface area contributed by atoms with Gasteiger partial charge in [0, 0.05) is 24.5 Å². The zero-order valence-electron chi connectivity index (χ0n) is 11.9. The van der Waals surface area contributed by atoms with Gasteiger partial charge in [0.25, 0.3) is 5.91 Å². The number of aryl methyl sites for hydroxylation is 1. The van der Waals surface area contributed by atoms with E-state index in [1.165, 1.54) is 6.20 Å². The largest absolute Gasteiger partial charge is 0.352 e. The second-order valence-corrected chi connectivity index (χ2v) is 6.15. The van der Waals surface area contributed by atoms with Gasteiger partial charge in [0.05, 0.1) is 10.6 Å². The van der Waals surface area contributed by atoms with Crippen molar-refractivity contribution >= 4 is 23.4 Å². The summed E-state index contributed by atoms with van der Waals surface area (Å²) in [6, 6.07) is 1.60. The maximum absolute atomic E-state index is 12.6. The van der Waals surface area contributed by atoms with Gasteiger partial charge >= 0.3 is 0 Å². The lowest BCUT2D eigenvalue weighted by Gasteiger charge is -2.24. The van der Waals surface area contributed by atoms with Crippen LogP contribution in [-0.4, -0.2) is 40.3 Å². The van der Waals surface area contributed by atoms with E-state index in [0.29, 0.717) is 29.6 Å². The lowest BCUT2D eigenvalue weighted by molar-refractivity contribution is -0.125. The van der Waals surface area contributed by atoms with Crippen LogP contribution in [0.2, 0.25) is 5.02 Å². The number of nitrogens with zero attached hydrogens (tertiary/aromatic N) is 2. The second-order valence-electron chi connectivity index (χ2n) is 5.74. The monoisotopic (exact) mass is 307 g/mol. The number of likely N-dealkylation sites (tertiary alicyclic amines) is 1. The third-order valence-corrected chi connectivity index (χ3v) is 4.27. The molecule has 1 aromatic heterocycles. The highest BCUT2D eigenvalue weighted by molar-refractivity contribution is 6.33. The second kappa shape index (κ2) is 5.64. The normalized spacial score (nSPS) is 21.4. The van der Waals surface area contributed by atoms with Crippen LogP contribution in [0.25, 0.3) is 0 Å². The minimum Gasteiger partial charge on any atom is -0.352 e. The highest BCUT2D eigenvalue weighted by Crippen LogP contribution is 2.25. The van der Waals surface area contributed by atoms with E-state index in [0.717, 1.165) is 25.0 Å². The van der Waals surface area contributed by atoms with E-state index >= 15 is 0 Å². The fourth-order valence-electron chi connectivity index (χ4n) is 2.65. The molecule has 1 N–H and O–H groups in total. The summed E-state index contributed by atoms with van der Waals surface area (Å²) >= 11 is 6.14. The minimum absolute atomic E-state index is 0.0421. The van der Waals surface area contributed by atoms with Crippen LogP contribution < -0.4 is 5.32 Å². The molecule has 2 heterocycles. The number of nitrogens with one attached hydrogen (secondary N) is 1. The molecule has 6 heteroatoms. The number of carbonyl (C=O) groups excluding carboxylic acids is 2. The van der Waals surface area contributed by atoms with Crippen molar-refractivity contribution in [3.8, 4) is 0 Å². The van der Waals surface area contributed by atoms with Crippen molar-refractivity contribution in [1.82, 2.24) is 15.2 Å². The number of rotatable bonds is 3. The topological polar surface area (TPSA) is 62.3 Å². The summed E-state index contributed by atoms with van der Waals surface area (Å²) in [5.74, 6) is -0.250. The molecule has 2 aliphatic rings. The van der Waals surface area contributed by atoms with Gasteiger partial charge in [0.15, 0.2) is 0 Å². The smallest absolute Gasteiger partial charge is 0.257 e. The summed E-state index contributed by atoms with van der Waals surface area (Å²) < 4.78 is 0. The maximum atomic E-state index is 12.6. The molecular formula is C15H18ClN3O2. The third kappa shape index (κ3) is 3.02. The lowest BCUT2D eigenvalue weighted by atomic mass is 10.1. The summed E-state index contributed by atoms with van der Waals surface area (Å²) in [5, 5.41) is 3.36. The van der Waals surface area contributed by atoms with Gasteiger partial charge in [-0.25, -0.2) is 0 Å². The van der Waals surface area contributed by atoms with Crippen LogP contribution in [0.4, 0.5) is 0 Å². The molecule has 1 saturated heterocycles. The molecule has 21 heavy (non-hydrogen) atoms. The van der Waals surface area contributed by atoms with Crippen molar-refractivity contribution in [2.45, 2.75) is 44.7 Å². The first kappa shape index (κ1) is 14.3. The summed E-state index contributed by atoms with van der Waals surface area (Å²) in [5.41, 5.74) is 1.13. The van der Waals surface area contributed by atoms with Gasteiger partial charge in [-0.3, -0.25) is 14.6 Å². The Morgan fingerprint density at radius 3 is 2.81 bits per heavy atom. The molecule has 1 atom stereocenters. The molecule has 3 rings (SSSR count). The Hall–Kier alpha value is -1.62. The Morgan fingerprint density at radius 1 is 1.38 bits per heavy atom. The van der Waals surface area contributed by atoms with Gasteiger partial charge in [0.1, 0.15) is 6.04 Å². The zero-order valence-corrected chi connectivity index (χ0v) is 12.7. The first-order valence-electron chi connectivity index (χ1n) is 7.30. The molecule has 0 aromatic carbocycles. The Bertz CT molecular complexity index is 586. The molecule has 1 aliphatic carbocycles. The number of pyridine rings is 1. The maximum Gasteiger partial charge on any atom is 0.257 e. The number of hydrogen-bond donors (Lipinski definition) is 1. The highest BCUT2D eigenvalue weighted by atomic mass is 35.5. The molecule has 0 bridgehead atoms. The predicted octanol–water partition coefficient (Wildman–Crippen LogP) is 1.93. The van der Waals surface area contributed by atoms with Crippen LogP contribution in [0.15, 0.2) is 12.3 Å². The van der Waals surface area contributed by atoms with Crippen molar-refractivity contribution in [2.24, 2.45) is 0 Å². The van der Waals surface area contributed by atoms with Crippen LogP contribution in [0, 0.1) is 6.92 Å². The number of halogens is 1. The number of carbonyl (C=O) groups is 2. The van der Waals surface area contributed by atoms with Gasteiger partial charge in [-0.15, -0.1) is 0 Å². The van der Waals surface area contributed by atoms with Crippen molar-refractivity contribution < 1.29 is 9.59 Å². The molecule has 0 spiro atoms. The van der Waals surface area contributed by atoms with Crippen molar-refractivity contribution in [2.75, 3.05) is 6.54 Å². The van der Waals surface area contributed by atoms with Crippen LogP contribution >= 0.6 is 11.6 Å². The quantitative estimate of drug-likeness (QED) is 0.928. The first-order valence-corrected chi connectivity index (χ1v) is 7.67. The van der Waals surface area contributed by atoms with Gasteiger partial charge in [-0.1, -0.05) is 11.6 Å². The highest BCUT2D eigenvalue weighted by Gasteiger charge is 2.37. The van der Waals surface area contributed by atoms with Crippen molar-refractivity contribution in [1.29, 1.82) is 0 Å². The summed E-state index contributed by atoms with van der Waals surface area (Å²) in [7, 11) is 0. The first-order chi connectivity index (χ1) is 10.1. The average molecular weight is 308 g/mol. The summed E-state index contributed by atoms with van der Waals surface area (Å²) in [6.07, 6.45) is 5.13. The van der Waals surface area contributed by atoms with E-state index in [-0.39, 0.29) is 17.9 Å². The molecule has 1 saturated carbocycles. The Labute approximate surface area is 128 Å². The van der Waals surface area contributed by atoms with Crippen molar-refractivity contribution in [3.63, 3.8) is 0 Å². The molecule has 5 nitrogen and oxygen atoms in total. The third-order valence-electron chi connectivity index (χ3n) is 3.96. The molecule has 2 fully saturated rings. The van der Waals surface area contributed by atoms with Crippen LogP contribution in [0.3, 0.4) is 0 Å². The number of hydrogen-bond acceptors (Lipinski definition) is 3. The molecule has 112 valence electrons. The molecule has 2 amide bonds. The van der Waals surface area contributed by atoms with E-state index in [1.807, 2.05) is 6.92 Å². The number of aromatic nitrogens is 1. The van der Waals surface area contributed by atoms with Crippen LogP contribution in [0.1, 0.15) is 41.7 Å². The fourth-order valence-corrected chi connectivity index (χ4v) is 2.93. The lowest BCUT2D eigenvalue weighted by Crippen LogP contribution is -2.46. The molecule has 0 radical (unpaired) electrons. The SMILES string of the molecule is Cc1cc(Cl)c(C(=O)N2CCCC2C(=O)NC2CC2)cn1. The predicted molar refractivity (Wildman–Crippen MR) is 79.2 cm³/mol. The summed E-state index contributed by atoms with van der Waals surface area (Å²) in [6.45, 7) is 2.41. The minimum atomic E-state index is -0.379. The fraction of sp³-hybridized carbons (Fsp3) is 0.533. The van der Waals surface area contributed by atoms with E-state index in [4.69, 9.17) is 11.6 Å². The standard InChI is InChI=1S/C15H18ClN3O2/c1-9-7-12(16)11(8-17-9)15(21)19-6-2-3-13(19)14(20)18-10-4-5-10/h7-8,10,13H,2-6H2,1H3,(H,18,20). The molecule has 1 aromatic rings. The molecule has 1 aliphatic heterocycles. The molecule has 1 unspecified atom stereocenters. The van der Waals surface area contributed by atoms with E-state index in [9.17, 15) is 9.59 Å². The summed E-state index contributed by atoms with van der Waals surface area (Å²) in [4.78, 5) is 30.6. The van der Waals surface area contributed by atoms with Crippen molar-refractivity contribution in [3.05, 3.63) is 28.5 Å². The van der Waals surface area contributed by atoms with E-state index < -0.39 is 0 Å². The van der Waals surface area contributed by atoms with E-state index in [2.05, 4.69) is 10.3 Å². The van der Waals surface area contributed by atoms with Gasteiger partial charge in [-0.2, -0.15) is 0 Å². The zero-order chi connectivity index (χ0) is 15.0. The van der Waals surface area contributed by atoms with E-state index in [1.54, 1.807) is 11.0 Å². The Balaban J connectivity index is 1.77. The average Bonchev–Trinajstić information content (AvgIpc) is 3.11. The molecular weight excluding hydrogens is 290 g/mol. The Kier molecular flexibility index (Phi) is 3.85. The van der Waals surface area contributed by atoms with Crippen LogP contribution in [0.5, 0.6) is 0 Å². The van der Waals surface area contributed by atoms with Crippen LogP contribution in [-0.2, 0) is 4.79 Å². The van der Waals surface area contributed by atoms with Gasteiger partial charge in [0.2, 0.25) is 5.91 Å². The van der Waals surface area contributed by atoms with Gasteiger partial charge in [-0.05, 0) is 38.7 Å². The number of amides is 2. The Morgan fingerprint density at radius 2 is 2.14 bits per heavy atom.